The largest absolute Gasteiger partial charge is 0.309 e. The molecule has 3 aliphatic rings. The summed E-state index contributed by atoms with van der Waals surface area (Å²) in [5, 5.41) is 2.55. The van der Waals surface area contributed by atoms with Gasteiger partial charge < -0.3 is 4.57 Å². The average Bonchev–Trinajstić information content (AvgIpc) is 3.33. The van der Waals surface area contributed by atoms with Gasteiger partial charge in [0.1, 0.15) is 7.05 Å². The van der Waals surface area contributed by atoms with Gasteiger partial charge in [-0.05, 0) is 70.1 Å². The van der Waals surface area contributed by atoms with Crippen molar-refractivity contribution in [3.05, 3.63) is 166 Å². The van der Waals surface area contributed by atoms with Crippen LogP contribution in [0.3, 0.4) is 0 Å². The third-order valence-electron chi connectivity index (χ3n) is 9.51. The first kappa shape index (κ1) is 22.8. The first-order valence-corrected chi connectivity index (χ1v) is 14.5. The summed E-state index contributed by atoms with van der Waals surface area (Å²) in [4.78, 5) is 0. The lowest BCUT2D eigenvalue weighted by atomic mass is 9.60. The van der Waals surface area contributed by atoms with E-state index in [2.05, 4.69) is 151 Å². The van der Waals surface area contributed by atoms with Crippen LogP contribution >= 0.6 is 0 Å². The Kier molecular flexibility index (Phi) is 4.61. The quantitative estimate of drug-likeness (QED) is 0.200. The highest BCUT2D eigenvalue weighted by Gasteiger charge is 2.41. The number of rotatable bonds is 2. The van der Waals surface area contributed by atoms with Crippen LogP contribution in [0.5, 0.6) is 0 Å². The van der Waals surface area contributed by atoms with Gasteiger partial charge in [-0.3, -0.25) is 0 Å². The van der Waals surface area contributed by atoms with Crippen LogP contribution in [0.25, 0.3) is 38.8 Å². The fourth-order valence-corrected chi connectivity index (χ4v) is 7.78. The molecule has 2 aromatic heterocycles. The van der Waals surface area contributed by atoms with Gasteiger partial charge in [-0.15, -0.1) is 0 Å². The van der Waals surface area contributed by atoms with Gasteiger partial charge in [0.05, 0.1) is 16.4 Å². The molecule has 41 heavy (non-hydrogen) atoms. The van der Waals surface area contributed by atoms with Crippen LogP contribution in [0.1, 0.15) is 50.8 Å². The molecule has 2 heterocycles. The maximum Gasteiger partial charge on any atom is 0.214 e. The van der Waals surface area contributed by atoms with Crippen molar-refractivity contribution in [3.8, 4) is 16.9 Å². The highest BCUT2D eigenvalue weighted by atomic mass is 15.0. The minimum absolute atomic E-state index is 0.270. The highest BCUT2D eigenvalue weighted by Crippen LogP contribution is 2.56. The van der Waals surface area contributed by atoms with Crippen molar-refractivity contribution in [1.29, 1.82) is 0 Å². The molecule has 0 unspecified atom stereocenters. The molecule has 0 saturated heterocycles. The summed E-state index contributed by atoms with van der Waals surface area (Å²) in [5.41, 5.74) is 16.3. The third kappa shape index (κ3) is 3.05. The molecule has 0 amide bonds. The van der Waals surface area contributed by atoms with E-state index in [1.807, 2.05) is 0 Å². The maximum absolute atomic E-state index is 2.50. The molecule has 2 nitrogen and oxygen atoms in total. The number of para-hydroxylation sites is 2. The van der Waals surface area contributed by atoms with Gasteiger partial charge in [-0.2, -0.15) is 0 Å². The third-order valence-corrected chi connectivity index (χ3v) is 9.51. The molecule has 3 aliphatic carbocycles. The smallest absolute Gasteiger partial charge is 0.214 e. The molecule has 10 rings (SSSR count). The molecular formula is C39H29N2+. The summed E-state index contributed by atoms with van der Waals surface area (Å²) in [5.74, 6) is 0.568. The van der Waals surface area contributed by atoms with Crippen molar-refractivity contribution in [3.63, 3.8) is 0 Å². The number of pyridine rings is 1. The van der Waals surface area contributed by atoms with Crippen LogP contribution in [0, 0.1) is 6.92 Å². The second kappa shape index (κ2) is 8.28. The summed E-state index contributed by atoms with van der Waals surface area (Å²) in [6.07, 6.45) is 2.32. The molecule has 0 atom stereocenters. The Balaban J connectivity index is 1.31. The van der Waals surface area contributed by atoms with Crippen molar-refractivity contribution in [2.45, 2.75) is 18.8 Å². The van der Waals surface area contributed by atoms with Crippen LogP contribution in [0.15, 0.2) is 128 Å². The van der Waals surface area contributed by atoms with Gasteiger partial charge in [0.2, 0.25) is 5.69 Å². The fraction of sp³-hybridized carbons (Fsp3) is 0.103. The summed E-state index contributed by atoms with van der Waals surface area (Å²) in [6.45, 7) is 2.28. The molecule has 5 aromatic carbocycles. The van der Waals surface area contributed by atoms with Crippen LogP contribution in [-0.2, 0) is 7.05 Å². The minimum Gasteiger partial charge on any atom is -0.309 e. The molecular weight excluding hydrogens is 496 g/mol. The lowest BCUT2D eigenvalue weighted by Gasteiger charge is -2.42. The predicted octanol–water partition coefficient (Wildman–Crippen LogP) is 8.57. The van der Waals surface area contributed by atoms with Gasteiger partial charge in [-0.1, -0.05) is 91.0 Å². The minimum atomic E-state index is 0.270. The number of aromatic nitrogens is 2. The van der Waals surface area contributed by atoms with Crippen LogP contribution in [-0.4, -0.2) is 4.57 Å². The van der Waals surface area contributed by atoms with Gasteiger partial charge in [0, 0.05) is 34.5 Å². The van der Waals surface area contributed by atoms with E-state index in [1.54, 1.807) is 0 Å². The van der Waals surface area contributed by atoms with Gasteiger partial charge in [0.25, 0.3) is 0 Å². The Hall–Kier alpha value is -4.95. The monoisotopic (exact) mass is 525 g/mol. The molecule has 7 aromatic rings. The van der Waals surface area contributed by atoms with E-state index >= 15 is 0 Å². The van der Waals surface area contributed by atoms with Crippen LogP contribution in [0.4, 0.5) is 0 Å². The number of hydrogen-bond donors (Lipinski definition) is 0. The SMILES string of the molecule is Cc1cc2c(cc1-c1cc3c(c[n+]1C)c1ccccc1n3-c1ccccc1)C1c3ccccc3C2c2ccccc21. The van der Waals surface area contributed by atoms with Gasteiger partial charge in [0.15, 0.2) is 6.20 Å². The number of aryl methyl sites for hydroxylation is 2. The zero-order valence-electron chi connectivity index (χ0n) is 23.2. The summed E-state index contributed by atoms with van der Waals surface area (Å²) in [6, 6.07) is 45.0. The van der Waals surface area contributed by atoms with E-state index < -0.39 is 0 Å². The number of fused-ring (bicyclic) bond motifs is 3. The zero-order chi connectivity index (χ0) is 27.2. The van der Waals surface area contributed by atoms with E-state index in [0.29, 0.717) is 5.92 Å². The van der Waals surface area contributed by atoms with Crippen molar-refractivity contribution < 1.29 is 4.57 Å². The van der Waals surface area contributed by atoms with E-state index in [4.69, 9.17) is 0 Å². The molecule has 194 valence electrons. The highest BCUT2D eigenvalue weighted by molar-refractivity contribution is 6.09. The predicted molar refractivity (Wildman–Crippen MR) is 167 cm³/mol. The Morgan fingerprint density at radius 1 is 0.537 bits per heavy atom. The Morgan fingerprint density at radius 3 is 1.76 bits per heavy atom. The topological polar surface area (TPSA) is 8.81 Å². The molecule has 0 radical (unpaired) electrons. The Labute approximate surface area is 239 Å². The molecule has 0 fully saturated rings. The number of hydrogen-bond acceptors (Lipinski definition) is 0. The first-order valence-electron chi connectivity index (χ1n) is 14.5. The molecule has 0 saturated carbocycles. The fourth-order valence-electron chi connectivity index (χ4n) is 7.78. The maximum atomic E-state index is 2.50. The molecule has 2 bridgehead atoms. The second-order valence-electron chi connectivity index (χ2n) is 11.7. The molecule has 0 spiro atoms. The summed E-state index contributed by atoms with van der Waals surface area (Å²) >= 11 is 0. The van der Waals surface area contributed by atoms with Crippen molar-refractivity contribution in [1.82, 2.24) is 4.57 Å². The van der Waals surface area contributed by atoms with Gasteiger partial charge >= 0.3 is 0 Å². The first-order chi connectivity index (χ1) is 20.2. The average molecular weight is 526 g/mol. The van der Waals surface area contributed by atoms with E-state index in [0.717, 1.165) is 0 Å². The number of benzene rings is 5. The second-order valence-corrected chi connectivity index (χ2v) is 11.7. The lowest BCUT2D eigenvalue weighted by Crippen LogP contribution is -2.31. The standard InChI is InChI=1S/C39H29N2/c1-24-20-32-33(39-29-17-8-6-15-27(29)38(32)28-16-7-9-18-30(28)39)21-31(24)36-22-37-34(23-40(36)2)26-14-10-11-19-35(26)41(37)25-12-4-3-5-13-25/h3-23,38-39H,1-2H3/q+1. The van der Waals surface area contributed by atoms with Crippen molar-refractivity contribution in [2.75, 3.05) is 0 Å². The van der Waals surface area contributed by atoms with Crippen molar-refractivity contribution >= 4 is 21.8 Å². The zero-order valence-corrected chi connectivity index (χ0v) is 23.2. The molecule has 0 N–H and O–H groups in total. The van der Waals surface area contributed by atoms with E-state index in [9.17, 15) is 0 Å². The molecule has 0 aliphatic heterocycles. The summed E-state index contributed by atoms with van der Waals surface area (Å²) in [7, 11) is 2.19. The van der Waals surface area contributed by atoms with Crippen LogP contribution in [0.2, 0.25) is 0 Å². The van der Waals surface area contributed by atoms with Crippen molar-refractivity contribution in [2.24, 2.45) is 7.05 Å². The van der Waals surface area contributed by atoms with E-state index in [1.165, 1.54) is 77.7 Å². The van der Waals surface area contributed by atoms with E-state index in [-0.39, 0.29) is 5.92 Å². The van der Waals surface area contributed by atoms with Gasteiger partial charge in [-0.25, -0.2) is 4.57 Å². The summed E-state index contributed by atoms with van der Waals surface area (Å²) < 4.78 is 4.73. The number of nitrogens with zero attached hydrogens (tertiary/aromatic N) is 2. The Morgan fingerprint density at radius 2 is 1.10 bits per heavy atom. The Bertz CT molecular complexity index is 2140. The lowest BCUT2D eigenvalue weighted by molar-refractivity contribution is -0.659. The molecule has 2 heteroatoms. The van der Waals surface area contributed by atoms with Crippen LogP contribution < -0.4 is 4.57 Å². The normalized spacial score (nSPS) is 16.5.